The number of ether oxygens (including phenoxy) is 1. The van der Waals surface area contributed by atoms with Gasteiger partial charge in [-0.25, -0.2) is 4.79 Å². The number of rotatable bonds is 5. The molecular formula is C19H20ClN3O3. The maximum atomic E-state index is 12.1. The molecule has 0 saturated carbocycles. The number of anilines is 2. The third-order valence-electron chi connectivity index (χ3n) is 4.00. The molecule has 7 heteroatoms. The summed E-state index contributed by atoms with van der Waals surface area (Å²) < 4.78 is 5.48. The summed E-state index contributed by atoms with van der Waals surface area (Å²) in [4.78, 5) is 24.1. The van der Waals surface area contributed by atoms with Crippen LogP contribution in [0.1, 0.15) is 23.2 Å². The lowest BCUT2D eigenvalue weighted by molar-refractivity contribution is 0.0858. The average Bonchev–Trinajstić information content (AvgIpc) is 3.14. The van der Waals surface area contributed by atoms with Crippen LogP contribution in [0.5, 0.6) is 0 Å². The Balaban J connectivity index is 1.50. The minimum Gasteiger partial charge on any atom is -0.376 e. The highest BCUT2D eigenvalue weighted by Crippen LogP contribution is 2.16. The van der Waals surface area contributed by atoms with Gasteiger partial charge in [0.15, 0.2) is 0 Å². The first-order valence-corrected chi connectivity index (χ1v) is 8.81. The van der Waals surface area contributed by atoms with Crippen LogP contribution in [0.2, 0.25) is 5.02 Å². The van der Waals surface area contributed by atoms with Crippen LogP contribution in [0.15, 0.2) is 48.5 Å². The standard InChI is InChI=1S/C19H20ClN3O3/c20-14-3-1-4-16(11-14)23-19(25)22-15-8-6-13(7-9-15)18(24)21-12-17-5-2-10-26-17/h1,3-4,6-9,11,17H,2,5,10,12H2,(H,21,24)(H2,22,23,25)/t17-/m1/s1. The van der Waals surface area contributed by atoms with E-state index in [0.29, 0.717) is 28.5 Å². The van der Waals surface area contributed by atoms with Crippen LogP contribution in [0.25, 0.3) is 0 Å². The molecule has 1 heterocycles. The van der Waals surface area contributed by atoms with Gasteiger partial charge in [-0.15, -0.1) is 0 Å². The molecule has 2 aromatic rings. The number of halogens is 1. The number of nitrogens with one attached hydrogen (secondary N) is 3. The maximum absolute atomic E-state index is 12.1. The number of benzene rings is 2. The Morgan fingerprint density at radius 2 is 1.85 bits per heavy atom. The molecule has 0 aromatic heterocycles. The van der Waals surface area contributed by atoms with Gasteiger partial charge < -0.3 is 20.7 Å². The van der Waals surface area contributed by atoms with E-state index in [9.17, 15) is 9.59 Å². The van der Waals surface area contributed by atoms with E-state index in [4.69, 9.17) is 16.3 Å². The zero-order valence-corrected chi connectivity index (χ0v) is 14.9. The van der Waals surface area contributed by atoms with Crippen molar-refractivity contribution in [3.8, 4) is 0 Å². The summed E-state index contributed by atoms with van der Waals surface area (Å²) in [5.74, 6) is -0.157. The molecule has 1 aliphatic heterocycles. The smallest absolute Gasteiger partial charge is 0.323 e. The first-order chi connectivity index (χ1) is 12.6. The van der Waals surface area contributed by atoms with Crippen molar-refractivity contribution in [1.82, 2.24) is 5.32 Å². The molecule has 0 bridgehead atoms. The molecule has 1 fully saturated rings. The monoisotopic (exact) mass is 373 g/mol. The molecule has 3 N–H and O–H groups in total. The molecule has 3 rings (SSSR count). The van der Waals surface area contributed by atoms with Crippen LogP contribution in [-0.2, 0) is 4.74 Å². The van der Waals surface area contributed by atoms with Gasteiger partial charge in [0.1, 0.15) is 0 Å². The molecule has 6 nitrogen and oxygen atoms in total. The van der Waals surface area contributed by atoms with Crippen molar-refractivity contribution in [2.24, 2.45) is 0 Å². The van der Waals surface area contributed by atoms with Gasteiger partial charge in [0.05, 0.1) is 6.10 Å². The molecule has 1 aliphatic rings. The fourth-order valence-electron chi connectivity index (χ4n) is 2.68. The van der Waals surface area contributed by atoms with Gasteiger partial charge in [0.25, 0.3) is 5.91 Å². The summed E-state index contributed by atoms with van der Waals surface area (Å²) in [5, 5.41) is 8.81. The number of hydrogen-bond acceptors (Lipinski definition) is 3. The number of carbonyl (C=O) groups excluding carboxylic acids is 2. The van der Waals surface area contributed by atoms with Gasteiger partial charge in [-0.2, -0.15) is 0 Å². The van der Waals surface area contributed by atoms with Crippen molar-refractivity contribution in [3.63, 3.8) is 0 Å². The van der Waals surface area contributed by atoms with E-state index in [1.807, 2.05) is 0 Å². The third-order valence-corrected chi connectivity index (χ3v) is 4.24. The molecular weight excluding hydrogens is 354 g/mol. The Bertz CT molecular complexity index is 774. The normalized spacial score (nSPS) is 16.1. The molecule has 3 amide bonds. The molecule has 136 valence electrons. The van der Waals surface area contributed by atoms with Gasteiger partial charge in [-0.1, -0.05) is 17.7 Å². The van der Waals surface area contributed by atoms with Crippen LogP contribution < -0.4 is 16.0 Å². The van der Waals surface area contributed by atoms with Crippen LogP contribution >= 0.6 is 11.6 Å². The lowest BCUT2D eigenvalue weighted by Gasteiger charge is -2.11. The Kier molecular flexibility index (Phi) is 6.09. The Morgan fingerprint density at radius 3 is 2.54 bits per heavy atom. The van der Waals surface area contributed by atoms with Crippen molar-refractivity contribution in [1.29, 1.82) is 0 Å². The highest BCUT2D eigenvalue weighted by Gasteiger charge is 2.16. The number of hydrogen-bond donors (Lipinski definition) is 3. The summed E-state index contributed by atoms with van der Waals surface area (Å²) in [6, 6.07) is 13.2. The third kappa shape index (κ3) is 5.21. The second-order valence-electron chi connectivity index (χ2n) is 6.01. The van der Waals surface area contributed by atoms with Gasteiger partial charge in [-0.05, 0) is 55.3 Å². The minimum atomic E-state index is -0.386. The fraction of sp³-hybridized carbons (Fsp3) is 0.263. The molecule has 2 aromatic carbocycles. The largest absolute Gasteiger partial charge is 0.376 e. The van der Waals surface area contributed by atoms with Crippen LogP contribution in [0.3, 0.4) is 0 Å². The molecule has 0 spiro atoms. The SMILES string of the molecule is O=C(Nc1ccc(C(=O)NC[C@H]2CCCO2)cc1)Nc1cccc(Cl)c1. The summed E-state index contributed by atoms with van der Waals surface area (Å²) in [5.41, 5.74) is 1.71. The highest BCUT2D eigenvalue weighted by atomic mass is 35.5. The molecule has 1 saturated heterocycles. The summed E-state index contributed by atoms with van der Waals surface area (Å²) in [7, 11) is 0. The van der Waals surface area contributed by atoms with Gasteiger partial charge >= 0.3 is 6.03 Å². The number of amides is 3. The lowest BCUT2D eigenvalue weighted by Crippen LogP contribution is -2.31. The Hall–Kier alpha value is -2.57. The predicted octanol–water partition coefficient (Wildman–Crippen LogP) is 3.89. The topological polar surface area (TPSA) is 79.5 Å². The van der Waals surface area contributed by atoms with E-state index in [-0.39, 0.29) is 18.0 Å². The minimum absolute atomic E-state index is 0.107. The summed E-state index contributed by atoms with van der Waals surface area (Å²) in [6.07, 6.45) is 2.12. The van der Waals surface area contributed by atoms with Gasteiger partial charge in [0.2, 0.25) is 0 Å². The van der Waals surface area contributed by atoms with Crippen LogP contribution in [-0.4, -0.2) is 31.2 Å². The first kappa shape index (κ1) is 18.2. The first-order valence-electron chi connectivity index (χ1n) is 8.43. The predicted molar refractivity (Wildman–Crippen MR) is 102 cm³/mol. The zero-order valence-electron chi connectivity index (χ0n) is 14.1. The summed E-state index contributed by atoms with van der Waals surface area (Å²) >= 11 is 5.89. The van der Waals surface area contributed by atoms with E-state index in [1.54, 1.807) is 48.5 Å². The molecule has 1 atom stereocenters. The number of urea groups is 1. The fourth-order valence-corrected chi connectivity index (χ4v) is 2.87. The highest BCUT2D eigenvalue weighted by molar-refractivity contribution is 6.30. The molecule has 0 unspecified atom stereocenters. The second-order valence-corrected chi connectivity index (χ2v) is 6.45. The van der Waals surface area contributed by atoms with Crippen molar-refractivity contribution in [2.75, 3.05) is 23.8 Å². The van der Waals surface area contributed by atoms with Crippen LogP contribution in [0.4, 0.5) is 16.2 Å². The maximum Gasteiger partial charge on any atom is 0.323 e. The second kappa shape index (κ2) is 8.69. The van der Waals surface area contributed by atoms with E-state index >= 15 is 0 Å². The zero-order chi connectivity index (χ0) is 18.4. The summed E-state index contributed by atoms with van der Waals surface area (Å²) in [6.45, 7) is 1.28. The molecule has 0 radical (unpaired) electrons. The van der Waals surface area contributed by atoms with E-state index in [1.165, 1.54) is 0 Å². The Morgan fingerprint density at radius 1 is 1.08 bits per heavy atom. The van der Waals surface area contributed by atoms with Crippen molar-refractivity contribution >= 4 is 34.9 Å². The lowest BCUT2D eigenvalue weighted by atomic mass is 10.2. The number of carbonyl (C=O) groups is 2. The van der Waals surface area contributed by atoms with Crippen molar-refractivity contribution in [3.05, 3.63) is 59.1 Å². The van der Waals surface area contributed by atoms with Crippen molar-refractivity contribution in [2.45, 2.75) is 18.9 Å². The van der Waals surface area contributed by atoms with E-state index in [2.05, 4.69) is 16.0 Å². The molecule has 26 heavy (non-hydrogen) atoms. The van der Waals surface area contributed by atoms with Crippen molar-refractivity contribution < 1.29 is 14.3 Å². The quantitative estimate of drug-likeness (QED) is 0.743. The van der Waals surface area contributed by atoms with E-state index < -0.39 is 0 Å². The van der Waals surface area contributed by atoms with Gasteiger partial charge in [0, 0.05) is 35.1 Å². The Labute approximate surface area is 156 Å². The average molecular weight is 374 g/mol. The molecule has 0 aliphatic carbocycles. The van der Waals surface area contributed by atoms with E-state index in [0.717, 1.165) is 19.4 Å². The van der Waals surface area contributed by atoms with Crippen LogP contribution in [0, 0.1) is 0 Å². The van der Waals surface area contributed by atoms with Gasteiger partial charge in [-0.3, -0.25) is 4.79 Å².